The monoisotopic (exact) mass is 372 g/mol. The highest BCUT2D eigenvalue weighted by atomic mass is 16.5. The Morgan fingerprint density at radius 1 is 0.692 bits per heavy atom. The van der Waals surface area contributed by atoms with Gasteiger partial charge in [0.1, 0.15) is 0 Å². The summed E-state index contributed by atoms with van der Waals surface area (Å²) in [6, 6.07) is 0. The fourth-order valence-electron chi connectivity index (χ4n) is 2.71. The number of carbonyl (C=O) groups is 1. The van der Waals surface area contributed by atoms with Gasteiger partial charge in [0.25, 0.3) is 0 Å². The topological polar surface area (TPSA) is 44.8 Å². The molecule has 0 radical (unpaired) electrons. The third-order valence-corrected chi connectivity index (χ3v) is 4.37. The number of unbranched alkanes of at least 4 members (excludes halogenated alkanes) is 7. The van der Waals surface area contributed by atoms with Crippen molar-refractivity contribution in [1.82, 2.24) is 0 Å². The lowest BCUT2D eigenvalue weighted by atomic mass is 10.0. The van der Waals surface area contributed by atoms with E-state index in [2.05, 4.69) is 20.8 Å². The largest absolute Gasteiger partial charge is 0.466 e. The zero-order valence-electron chi connectivity index (χ0n) is 17.7. The Morgan fingerprint density at radius 2 is 1.27 bits per heavy atom. The lowest BCUT2D eigenvalue weighted by Gasteiger charge is -2.07. The molecule has 0 spiro atoms. The number of carbonyl (C=O) groups excluding carboxylic acids is 1. The van der Waals surface area contributed by atoms with E-state index in [0.29, 0.717) is 32.8 Å². The first-order chi connectivity index (χ1) is 12.7. The Balaban J connectivity index is 3.15. The molecule has 0 amide bonds. The van der Waals surface area contributed by atoms with Crippen LogP contribution in [0.2, 0.25) is 0 Å². The first-order valence-corrected chi connectivity index (χ1v) is 11.0. The van der Waals surface area contributed by atoms with E-state index in [9.17, 15) is 4.79 Å². The van der Waals surface area contributed by atoms with Crippen molar-refractivity contribution in [1.29, 1.82) is 0 Å². The fraction of sp³-hybridized carbons (Fsp3) is 0.955. The average Bonchev–Trinajstić information content (AvgIpc) is 2.61. The zero-order valence-corrected chi connectivity index (χ0v) is 17.7. The Morgan fingerprint density at radius 3 is 1.92 bits per heavy atom. The highest BCUT2D eigenvalue weighted by Crippen LogP contribution is 2.09. The van der Waals surface area contributed by atoms with Crippen molar-refractivity contribution in [3.05, 3.63) is 0 Å². The van der Waals surface area contributed by atoms with E-state index >= 15 is 0 Å². The van der Waals surface area contributed by atoms with Crippen LogP contribution in [0.4, 0.5) is 0 Å². The van der Waals surface area contributed by atoms with Crippen LogP contribution in [0.3, 0.4) is 0 Å². The van der Waals surface area contributed by atoms with Crippen molar-refractivity contribution in [2.75, 3.05) is 33.0 Å². The molecule has 4 heteroatoms. The minimum absolute atomic E-state index is 0.0980. The molecule has 26 heavy (non-hydrogen) atoms. The molecule has 0 saturated carbocycles. The van der Waals surface area contributed by atoms with Gasteiger partial charge in [0.05, 0.1) is 19.8 Å². The van der Waals surface area contributed by atoms with Crippen LogP contribution in [0.1, 0.15) is 97.8 Å². The standard InChI is InChI=1S/C22H44O4/c1-4-5-6-8-11-16-24-19-20-25-17-13-15-22(23)26-18-12-9-7-10-14-21(2)3/h21H,4-20H2,1-3H3. The summed E-state index contributed by atoms with van der Waals surface area (Å²) < 4.78 is 16.3. The van der Waals surface area contributed by atoms with E-state index in [4.69, 9.17) is 14.2 Å². The summed E-state index contributed by atoms with van der Waals surface area (Å²) >= 11 is 0. The molecule has 0 aliphatic heterocycles. The summed E-state index contributed by atoms with van der Waals surface area (Å²) in [6.45, 7) is 10.00. The minimum atomic E-state index is -0.0980. The number of hydrogen-bond acceptors (Lipinski definition) is 4. The van der Waals surface area contributed by atoms with E-state index in [1.165, 1.54) is 44.9 Å². The summed E-state index contributed by atoms with van der Waals surface area (Å²) in [5, 5.41) is 0. The van der Waals surface area contributed by atoms with Gasteiger partial charge in [-0.05, 0) is 25.2 Å². The second-order valence-corrected chi connectivity index (χ2v) is 7.56. The average molecular weight is 373 g/mol. The molecule has 0 aliphatic rings. The van der Waals surface area contributed by atoms with Crippen LogP contribution in [0.25, 0.3) is 0 Å². The smallest absolute Gasteiger partial charge is 0.305 e. The molecule has 0 aromatic rings. The third-order valence-electron chi connectivity index (χ3n) is 4.37. The zero-order chi connectivity index (χ0) is 19.3. The summed E-state index contributed by atoms with van der Waals surface area (Å²) in [5.74, 6) is 0.691. The van der Waals surface area contributed by atoms with Gasteiger partial charge in [0.2, 0.25) is 0 Å². The molecule has 0 fully saturated rings. The maximum Gasteiger partial charge on any atom is 0.305 e. The molecular formula is C22H44O4. The van der Waals surface area contributed by atoms with Crippen molar-refractivity contribution in [3.63, 3.8) is 0 Å². The predicted molar refractivity (Wildman–Crippen MR) is 109 cm³/mol. The fourth-order valence-corrected chi connectivity index (χ4v) is 2.71. The second kappa shape index (κ2) is 20.7. The molecule has 0 aliphatic carbocycles. The first-order valence-electron chi connectivity index (χ1n) is 11.0. The first kappa shape index (κ1) is 25.4. The van der Waals surface area contributed by atoms with Crippen LogP contribution in [0, 0.1) is 5.92 Å². The van der Waals surface area contributed by atoms with Gasteiger partial charge in [-0.1, -0.05) is 72.1 Å². The number of rotatable bonds is 20. The molecule has 4 nitrogen and oxygen atoms in total. The molecule has 0 N–H and O–H groups in total. The molecule has 0 saturated heterocycles. The Hall–Kier alpha value is -0.610. The molecule has 0 atom stereocenters. The van der Waals surface area contributed by atoms with Crippen LogP contribution < -0.4 is 0 Å². The van der Waals surface area contributed by atoms with Gasteiger partial charge in [0, 0.05) is 19.6 Å². The normalized spacial score (nSPS) is 11.2. The lowest BCUT2D eigenvalue weighted by molar-refractivity contribution is -0.144. The summed E-state index contributed by atoms with van der Waals surface area (Å²) in [4.78, 5) is 11.6. The number of esters is 1. The van der Waals surface area contributed by atoms with Crippen molar-refractivity contribution in [2.24, 2.45) is 5.92 Å². The molecular weight excluding hydrogens is 328 g/mol. The Kier molecular flexibility index (Phi) is 20.2. The molecule has 0 aromatic carbocycles. The molecule has 0 aromatic heterocycles. The molecule has 0 rings (SSSR count). The van der Waals surface area contributed by atoms with Gasteiger partial charge in [-0.15, -0.1) is 0 Å². The molecule has 0 heterocycles. The van der Waals surface area contributed by atoms with E-state index in [-0.39, 0.29) is 5.97 Å². The minimum Gasteiger partial charge on any atom is -0.466 e. The SMILES string of the molecule is CCCCCCCOCCOCCCC(=O)OCCCCCCC(C)C. The van der Waals surface area contributed by atoms with Crippen molar-refractivity contribution < 1.29 is 19.0 Å². The third kappa shape index (κ3) is 21.4. The van der Waals surface area contributed by atoms with Crippen molar-refractivity contribution >= 4 is 5.97 Å². The van der Waals surface area contributed by atoms with Gasteiger partial charge in [0.15, 0.2) is 0 Å². The second-order valence-electron chi connectivity index (χ2n) is 7.56. The summed E-state index contributed by atoms with van der Waals surface area (Å²) in [7, 11) is 0. The maximum absolute atomic E-state index is 11.6. The van der Waals surface area contributed by atoms with Crippen molar-refractivity contribution in [2.45, 2.75) is 97.8 Å². The number of hydrogen-bond donors (Lipinski definition) is 0. The highest BCUT2D eigenvalue weighted by Gasteiger charge is 2.02. The molecule has 156 valence electrons. The van der Waals surface area contributed by atoms with Crippen molar-refractivity contribution in [3.8, 4) is 0 Å². The Labute approximate surface area is 162 Å². The van der Waals surface area contributed by atoms with Gasteiger partial charge in [-0.25, -0.2) is 0 Å². The highest BCUT2D eigenvalue weighted by molar-refractivity contribution is 5.69. The van der Waals surface area contributed by atoms with Crippen LogP contribution in [-0.2, 0) is 19.0 Å². The lowest BCUT2D eigenvalue weighted by Crippen LogP contribution is -2.09. The van der Waals surface area contributed by atoms with E-state index in [0.717, 1.165) is 38.2 Å². The predicted octanol–water partition coefficient (Wildman–Crippen LogP) is 5.92. The Bertz CT molecular complexity index is 292. The van der Waals surface area contributed by atoms with E-state index in [1.54, 1.807) is 0 Å². The van der Waals surface area contributed by atoms with Crippen LogP contribution in [0.5, 0.6) is 0 Å². The van der Waals surface area contributed by atoms with Crippen LogP contribution in [-0.4, -0.2) is 39.0 Å². The van der Waals surface area contributed by atoms with E-state index in [1.807, 2.05) is 0 Å². The quantitative estimate of drug-likeness (QED) is 0.196. The summed E-state index contributed by atoms with van der Waals surface area (Å²) in [5.41, 5.74) is 0. The summed E-state index contributed by atoms with van der Waals surface area (Å²) in [6.07, 6.45) is 13.4. The number of ether oxygens (including phenoxy) is 3. The van der Waals surface area contributed by atoms with Gasteiger partial charge in [-0.2, -0.15) is 0 Å². The van der Waals surface area contributed by atoms with Crippen LogP contribution in [0.15, 0.2) is 0 Å². The van der Waals surface area contributed by atoms with Crippen LogP contribution >= 0.6 is 0 Å². The van der Waals surface area contributed by atoms with Gasteiger partial charge >= 0.3 is 5.97 Å². The maximum atomic E-state index is 11.6. The van der Waals surface area contributed by atoms with Gasteiger partial charge in [-0.3, -0.25) is 4.79 Å². The van der Waals surface area contributed by atoms with Gasteiger partial charge < -0.3 is 14.2 Å². The molecule has 0 bridgehead atoms. The van der Waals surface area contributed by atoms with E-state index < -0.39 is 0 Å². The molecule has 0 unspecified atom stereocenters.